The molecule has 3 aliphatic rings. The number of hydrogen-bond acceptors (Lipinski definition) is 8. The molecule has 0 unspecified atom stereocenters. The van der Waals surface area contributed by atoms with Gasteiger partial charge in [0, 0.05) is 56.8 Å². The Hall–Kier alpha value is -4.20. The van der Waals surface area contributed by atoms with Gasteiger partial charge < -0.3 is 19.5 Å². The Balaban J connectivity index is 1.04. The van der Waals surface area contributed by atoms with Gasteiger partial charge in [0.2, 0.25) is 10.0 Å². The summed E-state index contributed by atoms with van der Waals surface area (Å²) < 4.78 is 59.3. The van der Waals surface area contributed by atoms with Gasteiger partial charge in [-0.2, -0.15) is 0 Å². The van der Waals surface area contributed by atoms with Crippen LogP contribution in [-0.2, 0) is 26.0 Å². The number of anilines is 1. The van der Waals surface area contributed by atoms with E-state index in [2.05, 4.69) is 27.1 Å². The van der Waals surface area contributed by atoms with Gasteiger partial charge in [-0.15, -0.1) is 0 Å². The molecule has 11 nitrogen and oxygen atoms in total. The van der Waals surface area contributed by atoms with Crippen LogP contribution >= 0.6 is 0 Å². The first-order chi connectivity index (χ1) is 24.7. The Morgan fingerprint density at radius 3 is 2.35 bits per heavy atom. The molecule has 13 heteroatoms. The van der Waals surface area contributed by atoms with Crippen LogP contribution in [0.5, 0.6) is 5.75 Å². The number of sulfonamides is 1. The van der Waals surface area contributed by atoms with Crippen molar-refractivity contribution in [1.82, 2.24) is 14.9 Å². The molecule has 52 heavy (non-hydrogen) atoms. The average Bonchev–Trinajstić information content (AvgIpc) is 3.89. The van der Waals surface area contributed by atoms with Crippen LogP contribution in [0.3, 0.4) is 0 Å². The van der Waals surface area contributed by atoms with Crippen molar-refractivity contribution in [3.8, 4) is 16.9 Å². The largest absolute Gasteiger partial charge is 0.494 e. The van der Waals surface area contributed by atoms with E-state index in [0.29, 0.717) is 50.6 Å². The van der Waals surface area contributed by atoms with Gasteiger partial charge in [0.1, 0.15) is 22.8 Å². The Morgan fingerprint density at radius 2 is 1.71 bits per heavy atom. The van der Waals surface area contributed by atoms with E-state index >= 15 is 0 Å². The molecule has 280 valence electrons. The molecule has 1 aliphatic carbocycles. The van der Waals surface area contributed by atoms with Crippen molar-refractivity contribution in [3.63, 3.8) is 0 Å². The second kappa shape index (κ2) is 15.4. The minimum atomic E-state index is -3.79. The fraction of sp³-hybridized carbons (Fsp3) is 0.487. The fourth-order valence-electron chi connectivity index (χ4n) is 6.80. The topological polar surface area (TPSA) is 127 Å². The first-order valence-corrected chi connectivity index (χ1v) is 19.6. The van der Waals surface area contributed by atoms with Gasteiger partial charge in [0.25, 0.3) is 0 Å². The number of nitrogens with one attached hydrogen (secondary N) is 2. The smallest absolute Gasteiger partial charge is 0.415 e. The van der Waals surface area contributed by atoms with Crippen LogP contribution < -0.4 is 19.7 Å². The SMILES string of the molecule is CCOc1cc(-c2ccc(F)cc2)c(C2CC2)cc1CN1CCC2(CC1)CN(c1ccc(S(=O)(=O)NCCCNC(=O)OC(C)(C)C)cc1)C(=O)O2. The third-order valence-electron chi connectivity index (χ3n) is 9.61. The second-order valence-electron chi connectivity index (χ2n) is 14.8. The molecular weight excluding hydrogens is 688 g/mol. The molecule has 0 aromatic heterocycles. The van der Waals surface area contributed by atoms with Crippen molar-refractivity contribution in [2.75, 3.05) is 44.2 Å². The van der Waals surface area contributed by atoms with Crippen molar-refractivity contribution in [3.05, 3.63) is 77.6 Å². The highest BCUT2D eigenvalue weighted by atomic mass is 32.2. The number of nitrogens with zero attached hydrogens (tertiary/aromatic N) is 2. The summed E-state index contributed by atoms with van der Waals surface area (Å²) in [5.74, 6) is 1.07. The molecule has 3 aromatic carbocycles. The van der Waals surface area contributed by atoms with Crippen molar-refractivity contribution in [2.24, 2.45) is 0 Å². The summed E-state index contributed by atoms with van der Waals surface area (Å²) in [5.41, 5.74) is 3.81. The van der Waals surface area contributed by atoms with E-state index in [1.807, 2.05) is 19.1 Å². The van der Waals surface area contributed by atoms with Crippen molar-refractivity contribution >= 4 is 27.9 Å². The van der Waals surface area contributed by atoms with Crippen LogP contribution in [0.4, 0.5) is 19.7 Å². The molecule has 1 saturated carbocycles. The predicted octanol–water partition coefficient (Wildman–Crippen LogP) is 6.95. The van der Waals surface area contributed by atoms with Crippen LogP contribution in [-0.4, -0.2) is 76.0 Å². The molecule has 0 bridgehead atoms. The third-order valence-corrected chi connectivity index (χ3v) is 11.1. The molecule has 0 radical (unpaired) electrons. The van der Waals surface area contributed by atoms with Gasteiger partial charge in [-0.05, 0) is 118 Å². The number of rotatable bonds is 13. The average molecular weight is 737 g/mol. The van der Waals surface area contributed by atoms with E-state index < -0.39 is 33.4 Å². The summed E-state index contributed by atoms with van der Waals surface area (Å²) in [6.07, 6.45) is 3.01. The number of amides is 2. The zero-order valence-corrected chi connectivity index (χ0v) is 31.2. The van der Waals surface area contributed by atoms with E-state index in [0.717, 1.165) is 48.4 Å². The Kier molecular flexibility index (Phi) is 11.1. The lowest BCUT2D eigenvalue weighted by atomic mass is 9.90. The van der Waals surface area contributed by atoms with Gasteiger partial charge in [-0.25, -0.2) is 27.1 Å². The molecule has 1 spiro atoms. The number of likely N-dealkylation sites (tertiary alicyclic amines) is 1. The lowest BCUT2D eigenvalue weighted by Gasteiger charge is -2.37. The number of halogens is 1. The van der Waals surface area contributed by atoms with E-state index in [1.54, 1.807) is 37.8 Å². The predicted molar refractivity (Wildman–Crippen MR) is 197 cm³/mol. The van der Waals surface area contributed by atoms with Crippen LogP contribution in [0, 0.1) is 5.82 Å². The molecule has 2 amide bonds. The first kappa shape index (κ1) is 37.6. The zero-order chi connectivity index (χ0) is 37.1. The Labute approximate surface area is 305 Å². The van der Waals surface area contributed by atoms with Crippen molar-refractivity contribution < 1.29 is 36.6 Å². The van der Waals surface area contributed by atoms with Crippen LogP contribution in [0.25, 0.3) is 11.1 Å². The van der Waals surface area contributed by atoms with Gasteiger partial charge in [0.15, 0.2) is 0 Å². The molecule has 2 aliphatic heterocycles. The minimum absolute atomic E-state index is 0.0777. The summed E-state index contributed by atoms with van der Waals surface area (Å²) >= 11 is 0. The van der Waals surface area contributed by atoms with Gasteiger partial charge >= 0.3 is 12.2 Å². The lowest BCUT2D eigenvalue weighted by Crippen LogP contribution is -2.46. The van der Waals surface area contributed by atoms with Crippen molar-refractivity contribution in [2.45, 2.75) is 88.4 Å². The molecule has 6 rings (SSSR count). The highest BCUT2D eigenvalue weighted by Gasteiger charge is 2.47. The second-order valence-corrected chi connectivity index (χ2v) is 16.6. The lowest BCUT2D eigenvalue weighted by molar-refractivity contribution is -0.00112. The quantitative estimate of drug-likeness (QED) is 0.181. The number of carbonyl (C=O) groups excluding carboxylic acids is 2. The monoisotopic (exact) mass is 736 g/mol. The number of benzene rings is 3. The van der Waals surface area contributed by atoms with Crippen LogP contribution in [0.2, 0.25) is 0 Å². The summed E-state index contributed by atoms with van der Waals surface area (Å²) in [6, 6.07) is 17.2. The number of ether oxygens (including phenoxy) is 3. The first-order valence-electron chi connectivity index (χ1n) is 18.1. The molecule has 0 atom stereocenters. The standard InChI is InChI=1S/C39H49FN4O7S/c1-5-49-35-24-34(28-9-11-30(40)12-10-28)33(27-7-8-27)23-29(35)25-43-21-17-39(18-22-43)26-44(37(46)51-39)31-13-15-32(16-14-31)52(47,48)42-20-6-19-41-36(45)50-38(2,3)4/h9-16,23-24,27,42H,5-8,17-22,25-26H2,1-4H3,(H,41,45). The minimum Gasteiger partial charge on any atom is -0.494 e. The molecule has 2 heterocycles. The summed E-state index contributed by atoms with van der Waals surface area (Å²) in [4.78, 5) is 28.9. The van der Waals surface area contributed by atoms with E-state index in [9.17, 15) is 22.4 Å². The molecular formula is C39H49FN4O7S. The Bertz CT molecular complexity index is 1850. The number of piperidine rings is 1. The van der Waals surface area contributed by atoms with Crippen LogP contribution in [0.1, 0.15) is 76.8 Å². The van der Waals surface area contributed by atoms with Gasteiger partial charge in [-0.3, -0.25) is 9.80 Å². The number of alkyl carbamates (subject to hydrolysis) is 1. The highest BCUT2D eigenvalue weighted by Crippen LogP contribution is 2.47. The fourth-order valence-corrected chi connectivity index (χ4v) is 7.87. The maximum atomic E-state index is 13.7. The third kappa shape index (κ3) is 9.23. The highest BCUT2D eigenvalue weighted by molar-refractivity contribution is 7.89. The van der Waals surface area contributed by atoms with E-state index in [4.69, 9.17) is 14.2 Å². The number of carbonyl (C=O) groups is 2. The van der Waals surface area contributed by atoms with Gasteiger partial charge in [0.05, 0.1) is 18.0 Å². The molecule has 2 N–H and O–H groups in total. The molecule has 2 saturated heterocycles. The number of hydrogen-bond donors (Lipinski definition) is 2. The molecule has 3 aromatic rings. The Morgan fingerprint density at radius 1 is 1.02 bits per heavy atom. The normalized spacial score (nSPS) is 17.6. The van der Waals surface area contributed by atoms with Gasteiger partial charge in [-0.1, -0.05) is 12.1 Å². The molecule has 3 fully saturated rings. The maximum Gasteiger partial charge on any atom is 0.415 e. The summed E-state index contributed by atoms with van der Waals surface area (Å²) in [5, 5.41) is 2.61. The van der Waals surface area contributed by atoms with Crippen LogP contribution in [0.15, 0.2) is 65.6 Å². The van der Waals surface area contributed by atoms with Crippen molar-refractivity contribution in [1.29, 1.82) is 0 Å². The van der Waals surface area contributed by atoms with E-state index in [-0.39, 0.29) is 23.8 Å². The maximum absolute atomic E-state index is 13.7. The van der Waals surface area contributed by atoms with E-state index in [1.165, 1.54) is 29.8 Å². The summed E-state index contributed by atoms with van der Waals surface area (Å²) in [6.45, 7) is 10.8. The summed E-state index contributed by atoms with van der Waals surface area (Å²) in [7, 11) is -3.79. The zero-order valence-electron chi connectivity index (χ0n) is 30.4.